The van der Waals surface area contributed by atoms with E-state index in [0.29, 0.717) is 5.13 Å². The van der Waals surface area contributed by atoms with Gasteiger partial charge in [-0.3, -0.25) is 4.90 Å². The zero-order chi connectivity index (χ0) is 15.8. The molecule has 0 bridgehead atoms. The van der Waals surface area contributed by atoms with Crippen LogP contribution in [0.4, 0.5) is 10.9 Å². The molecule has 0 radical (unpaired) electrons. The zero-order valence-corrected chi connectivity index (χ0v) is 15.8. The van der Waals surface area contributed by atoms with Crippen molar-refractivity contribution in [2.75, 3.05) is 36.8 Å². The van der Waals surface area contributed by atoms with Crippen LogP contribution in [0.5, 0.6) is 0 Å². The number of rotatable bonds is 3. The van der Waals surface area contributed by atoms with E-state index in [1.165, 1.54) is 15.1 Å². The van der Waals surface area contributed by atoms with Gasteiger partial charge in [-0.05, 0) is 13.0 Å². The molecule has 4 heterocycles. The summed E-state index contributed by atoms with van der Waals surface area (Å²) >= 11 is 3.30. The number of nitrogens with two attached hydrogens (primary N) is 1. The summed E-state index contributed by atoms with van der Waals surface area (Å²) < 4.78 is 0. The van der Waals surface area contributed by atoms with Gasteiger partial charge in [-0.25, -0.2) is 15.0 Å². The fourth-order valence-electron chi connectivity index (χ4n) is 2.95. The number of piperazine rings is 1. The molecule has 4 rings (SSSR count). The van der Waals surface area contributed by atoms with Crippen molar-refractivity contribution in [1.82, 2.24) is 19.9 Å². The lowest BCUT2D eigenvalue weighted by Gasteiger charge is -2.35. The maximum absolute atomic E-state index is 5.70. The summed E-state index contributed by atoms with van der Waals surface area (Å²) in [5, 5.41) is 1.83. The molecule has 24 heavy (non-hydrogen) atoms. The minimum absolute atomic E-state index is 0. The Balaban J connectivity index is 0.00000169. The van der Waals surface area contributed by atoms with Gasteiger partial charge in [-0.1, -0.05) is 0 Å². The molecule has 0 saturated carbocycles. The molecule has 3 aromatic rings. The highest BCUT2D eigenvalue weighted by Gasteiger charge is 2.21. The van der Waals surface area contributed by atoms with Gasteiger partial charge in [0.1, 0.15) is 17.0 Å². The third-order valence-electron chi connectivity index (χ3n) is 4.05. The Morgan fingerprint density at radius 1 is 1.12 bits per heavy atom. The number of hydrogen-bond donors (Lipinski definition) is 1. The molecule has 1 aliphatic heterocycles. The van der Waals surface area contributed by atoms with Crippen molar-refractivity contribution in [1.29, 1.82) is 0 Å². The number of thiophene rings is 1. The van der Waals surface area contributed by atoms with Gasteiger partial charge in [0.15, 0.2) is 5.13 Å². The Kier molecular flexibility index (Phi) is 5.19. The van der Waals surface area contributed by atoms with E-state index >= 15 is 0 Å². The summed E-state index contributed by atoms with van der Waals surface area (Å²) in [7, 11) is 0. The zero-order valence-electron chi connectivity index (χ0n) is 13.3. The first-order valence-corrected chi connectivity index (χ1v) is 9.21. The minimum Gasteiger partial charge on any atom is -0.375 e. The van der Waals surface area contributed by atoms with Crippen molar-refractivity contribution in [2.24, 2.45) is 0 Å². The van der Waals surface area contributed by atoms with Crippen LogP contribution in [0.1, 0.15) is 9.75 Å². The van der Waals surface area contributed by atoms with E-state index in [9.17, 15) is 0 Å². The van der Waals surface area contributed by atoms with Crippen molar-refractivity contribution in [3.8, 4) is 0 Å². The molecule has 0 spiro atoms. The van der Waals surface area contributed by atoms with Gasteiger partial charge in [-0.2, -0.15) is 0 Å². The number of nitrogens with zero attached hydrogens (tertiary/aromatic N) is 5. The molecule has 1 fully saturated rings. The molecule has 9 heteroatoms. The molecule has 3 aromatic heterocycles. The number of thiazole rings is 1. The predicted octanol–water partition coefficient (Wildman–Crippen LogP) is 2.78. The van der Waals surface area contributed by atoms with Gasteiger partial charge in [0.2, 0.25) is 0 Å². The number of nitrogen functional groups attached to an aromatic ring is 1. The lowest BCUT2D eigenvalue weighted by Crippen LogP contribution is -2.46. The fourth-order valence-corrected chi connectivity index (χ4v) is 4.52. The average molecular weight is 383 g/mol. The van der Waals surface area contributed by atoms with Crippen molar-refractivity contribution in [2.45, 2.75) is 13.5 Å². The number of anilines is 2. The lowest BCUT2D eigenvalue weighted by molar-refractivity contribution is 0.251. The van der Waals surface area contributed by atoms with Crippen LogP contribution >= 0.6 is 35.1 Å². The van der Waals surface area contributed by atoms with Gasteiger partial charge in [0, 0.05) is 48.7 Å². The quantitative estimate of drug-likeness (QED) is 0.751. The maximum atomic E-state index is 5.70. The van der Waals surface area contributed by atoms with Crippen molar-refractivity contribution < 1.29 is 0 Å². The molecular formula is C15H19ClN6S2. The van der Waals surface area contributed by atoms with Crippen LogP contribution in [0.15, 0.2) is 18.6 Å². The predicted molar refractivity (Wildman–Crippen MR) is 103 cm³/mol. The van der Waals surface area contributed by atoms with Gasteiger partial charge in [0.25, 0.3) is 0 Å². The second kappa shape index (κ2) is 7.18. The molecular weight excluding hydrogens is 364 g/mol. The van der Waals surface area contributed by atoms with E-state index in [-0.39, 0.29) is 12.4 Å². The van der Waals surface area contributed by atoms with E-state index in [1.54, 1.807) is 29.0 Å². The molecule has 1 aliphatic rings. The maximum Gasteiger partial charge on any atom is 0.180 e. The van der Waals surface area contributed by atoms with Gasteiger partial charge in [0.05, 0.1) is 5.39 Å². The van der Waals surface area contributed by atoms with Gasteiger partial charge >= 0.3 is 0 Å². The Bertz CT molecular complexity index is 824. The fraction of sp³-hybridized carbons (Fsp3) is 0.400. The molecule has 0 aromatic carbocycles. The Hall–Kier alpha value is -1.48. The second-order valence-electron chi connectivity index (χ2n) is 5.70. The standard InChI is InChI=1S/C15H18N6S2.ClH/c1-10-6-12-13(18-9-19-14(12)22-10)21-4-2-20(3-5-21)8-11-7-17-15(16)23-11;/h6-7,9H,2-5,8H2,1H3,(H2,16,17);1H. The highest BCUT2D eigenvalue weighted by atomic mass is 35.5. The summed E-state index contributed by atoms with van der Waals surface area (Å²) in [4.78, 5) is 21.4. The number of aryl methyl sites for hydroxylation is 1. The van der Waals surface area contributed by atoms with Crippen molar-refractivity contribution >= 4 is 56.2 Å². The summed E-state index contributed by atoms with van der Waals surface area (Å²) in [6, 6.07) is 2.20. The molecule has 0 aliphatic carbocycles. The average Bonchev–Trinajstić information content (AvgIpc) is 3.12. The van der Waals surface area contributed by atoms with Gasteiger partial charge in [-0.15, -0.1) is 35.1 Å². The molecule has 6 nitrogen and oxygen atoms in total. The number of halogens is 1. The van der Waals surface area contributed by atoms with E-state index in [1.807, 2.05) is 6.20 Å². The summed E-state index contributed by atoms with van der Waals surface area (Å²) in [5.41, 5.74) is 5.70. The largest absolute Gasteiger partial charge is 0.375 e. The van der Waals surface area contributed by atoms with Crippen molar-refractivity contribution in [3.63, 3.8) is 0 Å². The SMILES string of the molecule is Cc1cc2c(N3CCN(Cc4cnc(N)s4)CC3)ncnc2s1.Cl. The van der Waals surface area contributed by atoms with Crippen LogP contribution < -0.4 is 10.6 Å². The first-order chi connectivity index (χ1) is 11.2. The highest BCUT2D eigenvalue weighted by molar-refractivity contribution is 7.18. The molecule has 1 saturated heterocycles. The van der Waals surface area contributed by atoms with Crippen molar-refractivity contribution in [3.05, 3.63) is 28.3 Å². The molecule has 0 amide bonds. The number of aromatic nitrogens is 3. The van der Waals surface area contributed by atoms with Crippen LogP contribution in [-0.4, -0.2) is 46.0 Å². The van der Waals surface area contributed by atoms with Crippen LogP contribution in [-0.2, 0) is 6.54 Å². The summed E-state index contributed by atoms with van der Waals surface area (Å²) in [6.07, 6.45) is 3.56. The monoisotopic (exact) mass is 382 g/mol. The van der Waals surface area contributed by atoms with Gasteiger partial charge < -0.3 is 10.6 Å². The molecule has 128 valence electrons. The first kappa shape index (κ1) is 17.3. The first-order valence-electron chi connectivity index (χ1n) is 7.57. The van der Waals surface area contributed by atoms with E-state index < -0.39 is 0 Å². The van der Waals surface area contributed by atoms with E-state index in [2.05, 4.69) is 37.7 Å². The Morgan fingerprint density at radius 3 is 2.62 bits per heavy atom. The summed E-state index contributed by atoms with van der Waals surface area (Å²) in [6.45, 7) is 7.05. The third-order valence-corrected chi connectivity index (χ3v) is 5.82. The lowest BCUT2D eigenvalue weighted by atomic mass is 10.2. The van der Waals surface area contributed by atoms with Crippen LogP contribution in [0.25, 0.3) is 10.2 Å². The van der Waals surface area contributed by atoms with Crippen LogP contribution in [0.3, 0.4) is 0 Å². The topological polar surface area (TPSA) is 71.2 Å². The van der Waals surface area contributed by atoms with E-state index in [0.717, 1.165) is 43.4 Å². The van der Waals surface area contributed by atoms with E-state index in [4.69, 9.17) is 5.73 Å². The number of hydrogen-bond acceptors (Lipinski definition) is 8. The normalized spacial score (nSPS) is 15.6. The molecule has 0 atom stereocenters. The summed E-state index contributed by atoms with van der Waals surface area (Å²) in [5.74, 6) is 1.07. The molecule has 0 unspecified atom stereocenters. The number of fused-ring (bicyclic) bond motifs is 1. The smallest absolute Gasteiger partial charge is 0.180 e. The van der Waals surface area contributed by atoms with Crippen LogP contribution in [0.2, 0.25) is 0 Å². The minimum atomic E-state index is 0. The van der Waals surface area contributed by atoms with Crippen LogP contribution in [0, 0.1) is 6.92 Å². The third kappa shape index (κ3) is 3.46. The molecule has 2 N–H and O–H groups in total. The highest BCUT2D eigenvalue weighted by Crippen LogP contribution is 2.30. The second-order valence-corrected chi connectivity index (χ2v) is 8.08. The Morgan fingerprint density at radius 2 is 1.92 bits per heavy atom. The Labute approximate surface area is 154 Å².